The summed E-state index contributed by atoms with van der Waals surface area (Å²) in [7, 11) is 0. The zero-order chi connectivity index (χ0) is 18.5. The molecule has 140 valence electrons. The molecule has 7 heteroatoms. The van der Waals surface area contributed by atoms with Crippen LogP contribution in [0.2, 0.25) is 0 Å². The number of rotatable bonds is 6. The summed E-state index contributed by atoms with van der Waals surface area (Å²) < 4.78 is 10.6. The average molecular weight is 376 g/mol. The molecule has 1 fully saturated rings. The molecule has 26 heavy (non-hydrogen) atoms. The summed E-state index contributed by atoms with van der Waals surface area (Å²) >= 11 is 1.16. The van der Waals surface area contributed by atoms with E-state index in [2.05, 4.69) is 24.1 Å². The van der Waals surface area contributed by atoms with Gasteiger partial charge in [-0.15, -0.1) is 0 Å². The molecular formula is C19H24N2O4S. The predicted octanol–water partition coefficient (Wildman–Crippen LogP) is 3.40. The van der Waals surface area contributed by atoms with Gasteiger partial charge in [0.15, 0.2) is 12.2 Å². The molecule has 0 saturated heterocycles. The van der Waals surface area contributed by atoms with E-state index in [0.29, 0.717) is 22.6 Å². The maximum Gasteiger partial charge on any atom is 0.316 e. The number of ether oxygens (including phenoxy) is 1. The molecule has 6 nitrogen and oxygen atoms in total. The average Bonchev–Trinajstić information content (AvgIpc) is 3.05. The van der Waals surface area contributed by atoms with Crippen LogP contribution >= 0.6 is 11.8 Å². The third kappa shape index (κ3) is 4.78. The number of para-hydroxylation sites is 2. The number of hydrogen-bond donors (Lipinski definition) is 1. The monoisotopic (exact) mass is 376 g/mol. The van der Waals surface area contributed by atoms with Crippen molar-refractivity contribution in [3.63, 3.8) is 0 Å². The van der Waals surface area contributed by atoms with Crippen molar-refractivity contribution in [2.24, 2.45) is 11.8 Å². The van der Waals surface area contributed by atoms with Crippen molar-refractivity contribution in [1.82, 2.24) is 10.3 Å². The Balaban J connectivity index is 1.40. The molecule has 1 saturated carbocycles. The molecule has 1 aliphatic carbocycles. The molecule has 1 heterocycles. The molecule has 1 N–H and O–H groups in total. The number of nitrogens with one attached hydrogen (secondary N) is 1. The molecule has 0 bridgehead atoms. The van der Waals surface area contributed by atoms with Crippen LogP contribution in [-0.4, -0.2) is 35.3 Å². The third-order valence-electron chi connectivity index (χ3n) is 5.01. The summed E-state index contributed by atoms with van der Waals surface area (Å²) in [5.74, 6) is 0.396. The molecule has 0 radical (unpaired) electrons. The molecule has 2 aromatic rings. The highest BCUT2D eigenvalue weighted by molar-refractivity contribution is 7.99. The van der Waals surface area contributed by atoms with Crippen LogP contribution < -0.4 is 5.32 Å². The number of oxazole rings is 1. The Hall–Kier alpha value is -2.02. The number of nitrogens with zero attached hydrogens (tertiary/aromatic N) is 1. The van der Waals surface area contributed by atoms with Gasteiger partial charge in [-0.05, 0) is 30.4 Å². The minimum atomic E-state index is -0.461. The van der Waals surface area contributed by atoms with Gasteiger partial charge in [-0.25, -0.2) is 4.98 Å². The molecule has 1 aromatic heterocycles. The number of thioether (sulfide) groups is 1. The zero-order valence-electron chi connectivity index (χ0n) is 15.1. The molecule has 0 unspecified atom stereocenters. The van der Waals surface area contributed by atoms with E-state index in [1.807, 2.05) is 24.3 Å². The second-order valence-corrected chi connectivity index (χ2v) is 7.76. The van der Waals surface area contributed by atoms with Crippen molar-refractivity contribution in [2.45, 2.75) is 44.4 Å². The number of fused-ring (bicyclic) bond motifs is 1. The highest BCUT2D eigenvalue weighted by Crippen LogP contribution is 2.29. The van der Waals surface area contributed by atoms with Gasteiger partial charge in [-0.1, -0.05) is 50.6 Å². The van der Waals surface area contributed by atoms with Crippen LogP contribution in [0.4, 0.5) is 0 Å². The van der Waals surface area contributed by atoms with E-state index in [1.54, 1.807) is 0 Å². The minimum Gasteiger partial charge on any atom is -0.455 e. The van der Waals surface area contributed by atoms with E-state index in [4.69, 9.17) is 9.15 Å². The first-order chi connectivity index (χ1) is 12.5. The van der Waals surface area contributed by atoms with Crippen LogP contribution in [0.1, 0.15) is 33.1 Å². The standard InChI is InChI=1S/C19H24N2O4S/c1-12-6-5-8-14(13(12)2)20-17(22)10-24-18(23)11-26-19-21-15-7-3-4-9-16(15)25-19/h3-4,7,9,12-14H,5-6,8,10-11H2,1-2H3,(H,20,22)/t12-,13-,14-/m1/s1. The summed E-state index contributed by atoms with van der Waals surface area (Å²) in [5, 5.41) is 3.41. The molecule has 3 rings (SSSR count). The van der Waals surface area contributed by atoms with Gasteiger partial charge in [0, 0.05) is 6.04 Å². The van der Waals surface area contributed by atoms with Crippen LogP contribution in [0.5, 0.6) is 0 Å². The number of carbonyl (C=O) groups is 2. The number of aromatic nitrogens is 1. The Morgan fingerprint density at radius 3 is 2.92 bits per heavy atom. The highest BCUT2D eigenvalue weighted by atomic mass is 32.2. The second-order valence-electron chi connectivity index (χ2n) is 6.84. The lowest BCUT2D eigenvalue weighted by atomic mass is 9.78. The van der Waals surface area contributed by atoms with E-state index >= 15 is 0 Å². The molecular weight excluding hydrogens is 352 g/mol. The van der Waals surface area contributed by atoms with Crippen molar-refractivity contribution in [3.8, 4) is 0 Å². The second kappa shape index (κ2) is 8.58. The first kappa shape index (κ1) is 18.8. The van der Waals surface area contributed by atoms with Crippen molar-refractivity contribution < 1.29 is 18.7 Å². The summed E-state index contributed by atoms with van der Waals surface area (Å²) in [5.41, 5.74) is 1.43. The van der Waals surface area contributed by atoms with Crippen LogP contribution in [0.25, 0.3) is 11.1 Å². The van der Waals surface area contributed by atoms with Crippen molar-refractivity contribution >= 4 is 34.7 Å². The van der Waals surface area contributed by atoms with Crippen LogP contribution in [0, 0.1) is 11.8 Å². The molecule has 1 aromatic carbocycles. The van der Waals surface area contributed by atoms with Gasteiger partial charge >= 0.3 is 5.97 Å². The Kier molecular flexibility index (Phi) is 6.19. The first-order valence-electron chi connectivity index (χ1n) is 8.96. The summed E-state index contributed by atoms with van der Waals surface area (Å²) in [4.78, 5) is 28.2. The maximum absolute atomic E-state index is 12.0. The van der Waals surface area contributed by atoms with E-state index in [-0.39, 0.29) is 24.3 Å². The number of carbonyl (C=O) groups excluding carboxylic acids is 2. The van der Waals surface area contributed by atoms with E-state index in [0.717, 1.165) is 30.1 Å². The van der Waals surface area contributed by atoms with Gasteiger partial charge in [0.1, 0.15) is 11.3 Å². The first-order valence-corrected chi connectivity index (χ1v) is 9.95. The van der Waals surface area contributed by atoms with Crippen LogP contribution in [0.15, 0.2) is 33.9 Å². The fraction of sp³-hybridized carbons (Fsp3) is 0.526. The van der Waals surface area contributed by atoms with Gasteiger partial charge in [0.05, 0.1) is 0 Å². The van der Waals surface area contributed by atoms with E-state index in [9.17, 15) is 9.59 Å². The normalized spacial score (nSPS) is 22.9. The molecule has 3 atom stereocenters. The predicted molar refractivity (Wildman–Crippen MR) is 99.8 cm³/mol. The lowest BCUT2D eigenvalue weighted by Crippen LogP contribution is -2.45. The van der Waals surface area contributed by atoms with Gasteiger partial charge in [0.2, 0.25) is 0 Å². The number of benzene rings is 1. The van der Waals surface area contributed by atoms with Gasteiger partial charge in [-0.2, -0.15) is 0 Å². The van der Waals surface area contributed by atoms with Crippen molar-refractivity contribution in [3.05, 3.63) is 24.3 Å². The van der Waals surface area contributed by atoms with Crippen molar-refractivity contribution in [1.29, 1.82) is 0 Å². The number of esters is 1. The smallest absolute Gasteiger partial charge is 0.316 e. The minimum absolute atomic E-state index is 0.0525. The maximum atomic E-state index is 12.0. The van der Waals surface area contributed by atoms with Gasteiger partial charge in [-0.3, -0.25) is 9.59 Å². The summed E-state index contributed by atoms with van der Waals surface area (Å²) in [6.45, 7) is 4.13. The SMILES string of the molecule is C[C@@H]1[C@H](C)CCC[C@H]1NC(=O)COC(=O)CSc1nc2ccccc2o1. The topological polar surface area (TPSA) is 81.4 Å². The molecule has 0 aliphatic heterocycles. The van der Waals surface area contributed by atoms with Crippen LogP contribution in [0.3, 0.4) is 0 Å². The Morgan fingerprint density at radius 1 is 1.31 bits per heavy atom. The number of amides is 1. The van der Waals surface area contributed by atoms with Gasteiger partial charge < -0.3 is 14.5 Å². The van der Waals surface area contributed by atoms with Crippen molar-refractivity contribution in [2.75, 3.05) is 12.4 Å². The third-order valence-corrected chi connectivity index (χ3v) is 5.81. The summed E-state index contributed by atoms with van der Waals surface area (Å²) in [6.07, 6.45) is 3.31. The number of hydrogen-bond acceptors (Lipinski definition) is 6. The summed E-state index contributed by atoms with van der Waals surface area (Å²) in [6, 6.07) is 7.57. The van der Waals surface area contributed by atoms with Crippen LogP contribution in [-0.2, 0) is 14.3 Å². The van der Waals surface area contributed by atoms with E-state index in [1.165, 1.54) is 6.42 Å². The highest BCUT2D eigenvalue weighted by Gasteiger charge is 2.28. The Labute approximate surface area is 157 Å². The fourth-order valence-corrected chi connectivity index (χ4v) is 3.89. The lowest BCUT2D eigenvalue weighted by molar-refractivity contribution is -0.146. The van der Waals surface area contributed by atoms with E-state index < -0.39 is 5.97 Å². The zero-order valence-corrected chi connectivity index (χ0v) is 15.9. The molecule has 0 spiro atoms. The Bertz CT molecular complexity index is 743. The molecule has 1 aliphatic rings. The molecule has 1 amide bonds. The lowest BCUT2D eigenvalue weighted by Gasteiger charge is -2.34. The Morgan fingerprint density at radius 2 is 2.12 bits per heavy atom. The largest absolute Gasteiger partial charge is 0.455 e. The quantitative estimate of drug-likeness (QED) is 0.615. The van der Waals surface area contributed by atoms with Gasteiger partial charge in [0.25, 0.3) is 11.1 Å². The fourth-order valence-electron chi connectivity index (χ4n) is 3.26.